The van der Waals surface area contributed by atoms with Gasteiger partial charge in [-0.3, -0.25) is 5.01 Å². The second-order valence-corrected chi connectivity index (χ2v) is 8.87. The molecule has 0 saturated carbocycles. The number of para-hydroxylation sites is 1. The number of hydrazone groups is 1. The highest BCUT2D eigenvalue weighted by atomic mass is 35.5. The Morgan fingerprint density at radius 3 is 2.21 bits per heavy atom. The molecule has 12 heteroatoms. The van der Waals surface area contributed by atoms with Gasteiger partial charge in [0, 0.05) is 12.0 Å². The van der Waals surface area contributed by atoms with E-state index >= 15 is 4.39 Å². The molecule has 1 atom stereocenters. The predicted octanol–water partition coefficient (Wildman–Crippen LogP) is 7.71. The highest BCUT2D eigenvalue weighted by Crippen LogP contribution is 2.49. The Balaban J connectivity index is 1.80. The molecular formula is C26H20ClF7N2O2. The third-order valence-corrected chi connectivity index (χ3v) is 6.41. The second kappa shape index (κ2) is 10.1. The highest BCUT2D eigenvalue weighted by molar-refractivity contribution is 6.33. The Morgan fingerprint density at radius 2 is 1.61 bits per heavy atom. The molecular weight excluding hydrogens is 541 g/mol. The third-order valence-electron chi connectivity index (χ3n) is 6.09. The summed E-state index contributed by atoms with van der Waals surface area (Å²) in [5, 5.41) is 14.2. The molecule has 0 radical (unpaired) electrons. The molecule has 0 aliphatic carbocycles. The van der Waals surface area contributed by atoms with Gasteiger partial charge in [0.2, 0.25) is 0 Å². The Bertz CT molecular complexity index is 1340. The lowest BCUT2D eigenvalue weighted by atomic mass is 9.89. The summed E-state index contributed by atoms with van der Waals surface area (Å²) in [6.45, 7) is 2.20. The predicted molar refractivity (Wildman–Crippen MR) is 129 cm³/mol. The van der Waals surface area contributed by atoms with Gasteiger partial charge in [-0.15, -0.1) is 0 Å². The maximum Gasteiger partial charge on any atom is 0.431 e. The highest BCUT2D eigenvalue weighted by Gasteiger charge is 2.74. The van der Waals surface area contributed by atoms with Gasteiger partial charge >= 0.3 is 12.4 Å². The van der Waals surface area contributed by atoms with Crippen molar-refractivity contribution in [2.24, 2.45) is 5.10 Å². The van der Waals surface area contributed by atoms with E-state index in [0.717, 1.165) is 11.1 Å². The Labute approximate surface area is 217 Å². The lowest BCUT2D eigenvalue weighted by molar-refractivity contribution is -0.338. The number of hydrogen-bond acceptors (Lipinski definition) is 4. The van der Waals surface area contributed by atoms with E-state index in [4.69, 9.17) is 16.3 Å². The summed E-state index contributed by atoms with van der Waals surface area (Å²) in [5.74, 6) is -0.364. The minimum absolute atomic E-state index is 0.0465. The number of halogens is 8. The van der Waals surface area contributed by atoms with Crippen molar-refractivity contribution in [1.82, 2.24) is 0 Å². The average molecular weight is 561 g/mol. The molecule has 0 fully saturated rings. The fourth-order valence-electron chi connectivity index (χ4n) is 4.23. The summed E-state index contributed by atoms with van der Waals surface area (Å²) in [6, 6.07) is 14.7. The Hall–Kier alpha value is -3.31. The van der Waals surface area contributed by atoms with Crippen molar-refractivity contribution in [3.8, 4) is 16.9 Å². The van der Waals surface area contributed by atoms with Crippen molar-refractivity contribution >= 4 is 23.0 Å². The maximum atomic E-state index is 15.5. The molecule has 0 amide bonds. The van der Waals surface area contributed by atoms with Gasteiger partial charge in [0.25, 0.3) is 5.60 Å². The number of benzene rings is 3. The first-order valence-electron chi connectivity index (χ1n) is 11.3. The first-order chi connectivity index (χ1) is 17.8. The molecule has 0 saturated heterocycles. The molecule has 0 bridgehead atoms. The summed E-state index contributed by atoms with van der Waals surface area (Å²) < 4.78 is 103. The number of ether oxygens (including phenoxy) is 1. The third kappa shape index (κ3) is 4.92. The van der Waals surface area contributed by atoms with Gasteiger partial charge in [-0.1, -0.05) is 48.0 Å². The first-order valence-corrected chi connectivity index (χ1v) is 11.7. The van der Waals surface area contributed by atoms with Crippen LogP contribution in [-0.2, 0) is 0 Å². The van der Waals surface area contributed by atoms with Crippen LogP contribution >= 0.6 is 11.6 Å². The minimum atomic E-state index is -6.14. The van der Waals surface area contributed by atoms with Crippen LogP contribution in [0.5, 0.6) is 5.75 Å². The molecule has 38 heavy (non-hydrogen) atoms. The van der Waals surface area contributed by atoms with Crippen LogP contribution < -0.4 is 9.75 Å². The Kier molecular flexibility index (Phi) is 7.37. The smallest absolute Gasteiger partial charge is 0.431 e. The quantitative estimate of drug-likeness (QED) is 0.314. The number of anilines is 1. The molecule has 0 aromatic heterocycles. The molecule has 1 unspecified atom stereocenters. The molecule has 4 nitrogen and oxygen atoms in total. The summed E-state index contributed by atoms with van der Waals surface area (Å²) in [6.07, 6.45) is -13.4. The molecule has 3 aromatic carbocycles. The molecule has 0 spiro atoms. The zero-order chi connectivity index (χ0) is 27.9. The summed E-state index contributed by atoms with van der Waals surface area (Å²) in [7, 11) is 0. The van der Waals surface area contributed by atoms with Crippen LogP contribution in [0.1, 0.15) is 24.9 Å². The summed E-state index contributed by atoms with van der Waals surface area (Å²) >= 11 is 6.16. The normalized spacial score (nSPS) is 16.5. The lowest BCUT2D eigenvalue weighted by Gasteiger charge is -2.32. The van der Waals surface area contributed by atoms with Crippen LogP contribution in [0.3, 0.4) is 0 Å². The van der Waals surface area contributed by atoms with E-state index in [1.807, 2.05) is 0 Å². The van der Waals surface area contributed by atoms with Crippen LogP contribution in [0, 0.1) is 5.82 Å². The Morgan fingerprint density at radius 1 is 0.947 bits per heavy atom. The van der Waals surface area contributed by atoms with E-state index in [-0.39, 0.29) is 16.3 Å². The number of alkyl halides is 6. The maximum absolute atomic E-state index is 15.5. The van der Waals surface area contributed by atoms with Crippen LogP contribution in [0.25, 0.3) is 11.1 Å². The second-order valence-electron chi connectivity index (χ2n) is 8.47. The van der Waals surface area contributed by atoms with E-state index in [2.05, 4.69) is 5.10 Å². The lowest BCUT2D eigenvalue weighted by Crippen LogP contribution is -2.62. The molecule has 1 heterocycles. The fraction of sp³-hybridized carbons (Fsp3) is 0.269. The van der Waals surface area contributed by atoms with Gasteiger partial charge in [0.05, 0.1) is 29.1 Å². The van der Waals surface area contributed by atoms with Crippen molar-refractivity contribution < 1.29 is 40.6 Å². The summed E-state index contributed by atoms with van der Waals surface area (Å²) in [5.41, 5.74) is -6.19. The summed E-state index contributed by atoms with van der Waals surface area (Å²) in [4.78, 5) is 0. The molecule has 3 aromatic rings. The van der Waals surface area contributed by atoms with Crippen LogP contribution in [-0.4, -0.2) is 35.4 Å². The molecule has 1 aliphatic rings. The van der Waals surface area contributed by atoms with E-state index in [1.54, 1.807) is 31.2 Å². The van der Waals surface area contributed by atoms with E-state index in [0.29, 0.717) is 23.5 Å². The largest absolute Gasteiger partial charge is 0.494 e. The van der Waals surface area contributed by atoms with Gasteiger partial charge < -0.3 is 9.84 Å². The van der Waals surface area contributed by atoms with Crippen molar-refractivity contribution in [2.75, 3.05) is 11.6 Å². The van der Waals surface area contributed by atoms with Gasteiger partial charge in [0.1, 0.15) is 11.6 Å². The number of aliphatic hydroxyl groups is 1. The SMILES string of the molecule is CCOc1cccc(-c2ccc(C3CC(C(O)(C(F)(F)F)C(F)(F)F)=NN3c3ccccc3Cl)c(F)c2)c1. The zero-order valence-electron chi connectivity index (χ0n) is 19.6. The average Bonchev–Trinajstić information content (AvgIpc) is 3.27. The molecule has 202 valence electrons. The van der Waals surface area contributed by atoms with E-state index in [1.165, 1.54) is 36.4 Å². The number of nitrogens with zero attached hydrogens (tertiary/aromatic N) is 2. The van der Waals surface area contributed by atoms with E-state index < -0.39 is 41.9 Å². The van der Waals surface area contributed by atoms with Gasteiger partial charge in [-0.05, 0) is 48.4 Å². The van der Waals surface area contributed by atoms with E-state index in [9.17, 15) is 31.4 Å². The monoisotopic (exact) mass is 560 g/mol. The molecule has 4 rings (SSSR count). The number of hydrogen-bond donors (Lipinski definition) is 1. The number of rotatable bonds is 6. The van der Waals surface area contributed by atoms with Gasteiger partial charge in [0.15, 0.2) is 0 Å². The van der Waals surface area contributed by atoms with Crippen molar-refractivity contribution in [2.45, 2.75) is 37.3 Å². The van der Waals surface area contributed by atoms with Crippen molar-refractivity contribution in [3.05, 3.63) is 83.1 Å². The van der Waals surface area contributed by atoms with Gasteiger partial charge in [-0.25, -0.2) is 4.39 Å². The minimum Gasteiger partial charge on any atom is -0.494 e. The molecule has 1 N–H and O–H groups in total. The van der Waals surface area contributed by atoms with Crippen LogP contribution in [0.15, 0.2) is 71.8 Å². The molecule has 1 aliphatic heterocycles. The topological polar surface area (TPSA) is 45.1 Å². The zero-order valence-corrected chi connectivity index (χ0v) is 20.4. The van der Waals surface area contributed by atoms with Crippen molar-refractivity contribution in [3.63, 3.8) is 0 Å². The first kappa shape index (κ1) is 27.7. The van der Waals surface area contributed by atoms with Crippen LogP contribution in [0.2, 0.25) is 5.02 Å². The van der Waals surface area contributed by atoms with Gasteiger partial charge in [-0.2, -0.15) is 31.4 Å². The van der Waals surface area contributed by atoms with Crippen LogP contribution in [0.4, 0.5) is 36.4 Å². The van der Waals surface area contributed by atoms with Crippen molar-refractivity contribution in [1.29, 1.82) is 0 Å². The standard InChI is InChI=1S/C26H20ClF7N2O2/c1-2-38-17-7-5-6-15(12-17)16-10-11-18(20(28)13-16)22-14-23(24(37,25(29,30)31)26(32,33)34)35-36(22)21-9-4-3-8-19(21)27/h3-13,22,37H,2,14H2,1H3. The fourth-order valence-corrected chi connectivity index (χ4v) is 4.45.